The average molecular weight is 361 g/mol. The van der Waals surface area contributed by atoms with Crippen LogP contribution in [0.1, 0.15) is 38.8 Å². The van der Waals surface area contributed by atoms with Gasteiger partial charge in [-0.3, -0.25) is 9.69 Å². The highest BCUT2D eigenvalue weighted by molar-refractivity contribution is 5.78. The van der Waals surface area contributed by atoms with Crippen molar-refractivity contribution < 1.29 is 14.3 Å². The Morgan fingerprint density at radius 1 is 1.31 bits per heavy atom. The fraction of sp³-hybridized carbons (Fsp3) is 0.650. The van der Waals surface area contributed by atoms with Crippen LogP contribution in [0.3, 0.4) is 0 Å². The molecule has 2 atom stereocenters. The molecule has 1 aromatic rings. The lowest BCUT2D eigenvalue weighted by atomic mass is 9.95. The number of hydrogen-bond donors (Lipinski definition) is 2. The topological polar surface area (TPSA) is 62.8 Å². The van der Waals surface area contributed by atoms with Gasteiger partial charge < -0.3 is 20.1 Å². The molecule has 0 bridgehead atoms. The average Bonchev–Trinajstić information content (AvgIpc) is 2.86. The standard InChI is InChI=1S/C20H31N3O3/c1-14(2)20(22-19(24)13-23-8-7-21-12-15(23)3)16-5-6-17-18(11-16)26-10-4-9-25-17/h5-6,11,14-15,20-21H,4,7-10,12-13H2,1-3H3,(H,22,24)/t15-,20?/m1/s1. The number of benzene rings is 1. The highest BCUT2D eigenvalue weighted by Crippen LogP contribution is 2.34. The normalized spacial score (nSPS) is 21.9. The summed E-state index contributed by atoms with van der Waals surface area (Å²) in [6, 6.07) is 6.34. The summed E-state index contributed by atoms with van der Waals surface area (Å²) in [6.07, 6.45) is 0.886. The SMILES string of the molecule is CC(C)C(NC(=O)CN1CCNC[C@H]1C)c1ccc2c(c1)OCCCO2. The second kappa shape index (κ2) is 8.73. The molecule has 1 saturated heterocycles. The van der Waals surface area contributed by atoms with E-state index in [2.05, 4.69) is 36.3 Å². The number of nitrogens with one attached hydrogen (secondary N) is 2. The van der Waals surface area contributed by atoms with Crippen LogP contribution in [0.2, 0.25) is 0 Å². The molecule has 0 aromatic heterocycles. The van der Waals surface area contributed by atoms with Crippen molar-refractivity contribution in [2.24, 2.45) is 5.92 Å². The molecule has 1 aromatic carbocycles. The zero-order valence-electron chi connectivity index (χ0n) is 16.1. The van der Waals surface area contributed by atoms with E-state index in [1.54, 1.807) is 0 Å². The number of fused-ring (bicyclic) bond motifs is 1. The minimum Gasteiger partial charge on any atom is -0.490 e. The van der Waals surface area contributed by atoms with Crippen molar-refractivity contribution in [2.45, 2.75) is 39.3 Å². The molecule has 2 aliphatic heterocycles. The lowest BCUT2D eigenvalue weighted by Crippen LogP contribution is -2.53. The fourth-order valence-electron chi connectivity index (χ4n) is 3.53. The van der Waals surface area contributed by atoms with Gasteiger partial charge in [0.1, 0.15) is 0 Å². The van der Waals surface area contributed by atoms with Gasteiger partial charge in [0.05, 0.1) is 25.8 Å². The van der Waals surface area contributed by atoms with Gasteiger partial charge in [0.2, 0.25) is 5.91 Å². The minimum atomic E-state index is -0.0436. The molecule has 0 saturated carbocycles. The Morgan fingerprint density at radius 3 is 2.81 bits per heavy atom. The van der Waals surface area contributed by atoms with Gasteiger partial charge in [-0.15, -0.1) is 0 Å². The number of carbonyl (C=O) groups excluding carboxylic acids is 1. The van der Waals surface area contributed by atoms with Crippen LogP contribution in [0, 0.1) is 5.92 Å². The van der Waals surface area contributed by atoms with Crippen molar-refractivity contribution in [3.63, 3.8) is 0 Å². The van der Waals surface area contributed by atoms with Crippen molar-refractivity contribution in [1.29, 1.82) is 0 Å². The Labute approximate surface area is 156 Å². The molecule has 26 heavy (non-hydrogen) atoms. The second-order valence-electron chi connectivity index (χ2n) is 7.57. The van der Waals surface area contributed by atoms with Crippen molar-refractivity contribution in [3.8, 4) is 11.5 Å². The molecule has 144 valence electrons. The smallest absolute Gasteiger partial charge is 0.234 e. The first kappa shape index (κ1) is 19.0. The minimum absolute atomic E-state index is 0.0436. The largest absolute Gasteiger partial charge is 0.490 e. The van der Waals surface area contributed by atoms with Crippen LogP contribution in [-0.2, 0) is 4.79 Å². The third-order valence-electron chi connectivity index (χ3n) is 5.10. The zero-order valence-corrected chi connectivity index (χ0v) is 16.1. The van der Waals surface area contributed by atoms with E-state index in [4.69, 9.17) is 9.47 Å². The van der Waals surface area contributed by atoms with E-state index >= 15 is 0 Å². The molecule has 1 amide bonds. The Bertz CT molecular complexity index is 620. The van der Waals surface area contributed by atoms with E-state index in [0.29, 0.717) is 25.8 Å². The maximum Gasteiger partial charge on any atom is 0.234 e. The molecule has 6 heteroatoms. The van der Waals surface area contributed by atoms with Gasteiger partial charge in [0.15, 0.2) is 11.5 Å². The third-order valence-corrected chi connectivity index (χ3v) is 5.10. The van der Waals surface area contributed by atoms with Crippen molar-refractivity contribution in [3.05, 3.63) is 23.8 Å². The number of amides is 1. The lowest BCUT2D eigenvalue weighted by molar-refractivity contribution is -0.124. The van der Waals surface area contributed by atoms with Crippen LogP contribution in [0.15, 0.2) is 18.2 Å². The number of nitrogens with zero attached hydrogens (tertiary/aromatic N) is 1. The van der Waals surface area contributed by atoms with Gasteiger partial charge in [-0.1, -0.05) is 19.9 Å². The monoisotopic (exact) mass is 361 g/mol. The molecule has 2 aliphatic rings. The van der Waals surface area contributed by atoms with Gasteiger partial charge in [0, 0.05) is 32.1 Å². The molecule has 0 radical (unpaired) electrons. The summed E-state index contributed by atoms with van der Waals surface area (Å²) in [4.78, 5) is 14.9. The summed E-state index contributed by atoms with van der Waals surface area (Å²) in [5.41, 5.74) is 1.06. The summed E-state index contributed by atoms with van der Waals surface area (Å²) in [7, 11) is 0. The number of piperazine rings is 1. The highest BCUT2D eigenvalue weighted by Gasteiger charge is 2.24. The van der Waals surface area contributed by atoms with E-state index < -0.39 is 0 Å². The second-order valence-corrected chi connectivity index (χ2v) is 7.57. The first-order valence-electron chi connectivity index (χ1n) is 9.68. The van der Waals surface area contributed by atoms with Crippen LogP contribution in [-0.4, -0.2) is 56.2 Å². The number of rotatable bonds is 5. The first-order valence-corrected chi connectivity index (χ1v) is 9.68. The zero-order chi connectivity index (χ0) is 18.5. The molecular weight excluding hydrogens is 330 g/mol. The quantitative estimate of drug-likeness (QED) is 0.839. The molecule has 2 heterocycles. The Morgan fingerprint density at radius 2 is 2.08 bits per heavy atom. The van der Waals surface area contributed by atoms with Gasteiger partial charge >= 0.3 is 0 Å². The fourth-order valence-corrected chi connectivity index (χ4v) is 3.53. The van der Waals surface area contributed by atoms with Gasteiger partial charge in [-0.05, 0) is 30.5 Å². The number of carbonyl (C=O) groups is 1. The first-order chi connectivity index (χ1) is 12.5. The van der Waals surface area contributed by atoms with Crippen LogP contribution >= 0.6 is 0 Å². The van der Waals surface area contributed by atoms with Gasteiger partial charge in [0.25, 0.3) is 0 Å². The Kier molecular flexibility index (Phi) is 6.38. The van der Waals surface area contributed by atoms with E-state index in [1.807, 2.05) is 18.2 Å². The van der Waals surface area contributed by atoms with Gasteiger partial charge in [-0.25, -0.2) is 0 Å². The summed E-state index contributed by atoms with van der Waals surface area (Å²) in [6.45, 7) is 11.0. The molecule has 1 fully saturated rings. The highest BCUT2D eigenvalue weighted by atomic mass is 16.5. The van der Waals surface area contributed by atoms with Crippen molar-refractivity contribution >= 4 is 5.91 Å². The van der Waals surface area contributed by atoms with Crippen molar-refractivity contribution in [1.82, 2.24) is 15.5 Å². The van der Waals surface area contributed by atoms with Crippen molar-refractivity contribution in [2.75, 3.05) is 39.4 Å². The summed E-state index contributed by atoms with van der Waals surface area (Å²) >= 11 is 0. The number of hydrogen-bond acceptors (Lipinski definition) is 5. The predicted octanol–water partition coefficient (Wildman–Crippen LogP) is 1.95. The number of ether oxygens (including phenoxy) is 2. The Balaban J connectivity index is 1.69. The molecule has 2 N–H and O–H groups in total. The van der Waals surface area contributed by atoms with Crippen LogP contribution in [0.25, 0.3) is 0 Å². The third kappa shape index (κ3) is 4.68. The summed E-state index contributed by atoms with van der Waals surface area (Å²) in [5, 5.41) is 6.58. The molecule has 6 nitrogen and oxygen atoms in total. The predicted molar refractivity (Wildman–Crippen MR) is 102 cm³/mol. The van der Waals surface area contributed by atoms with E-state index in [-0.39, 0.29) is 17.9 Å². The Hall–Kier alpha value is -1.79. The molecule has 1 unspecified atom stereocenters. The maximum atomic E-state index is 12.7. The molecule has 0 aliphatic carbocycles. The lowest BCUT2D eigenvalue weighted by Gasteiger charge is -2.34. The summed E-state index contributed by atoms with van der Waals surface area (Å²) < 4.78 is 11.5. The molecular formula is C20H31N3O3. The van der Waals surface area contributed by atoms with Crippen LogP contribution in [0.5, 0.6) is 11.5 Å². The van der Waals surface area contributed by atoms with E-state index in [0.717, 1.165) is 43.1 Å². The van der Waals surface area contributed by atoms with Gasteiger partial charge in [-0.2, -0.15) is 0 Å². The summed E-state index contributed by atoms with van der Waals surface area (Å²) in [5.74, 6) is 1.92. The van der Waals surface area contributed by atoms with E-state index in [1.165, 1.54) is 0 Å². The van der Waals surface area contributed by atoms with Crippen LogP contribution in [0.4, 0.5) is 0 Å². The molecule has 3 rings (SSSR count). The molecule has 0 spiro atoms. The van der Waals surface area contributed by atoms with E-state index in [9.17, 15) is 4.79 Å². The maximum absolute atomic E-state index is 12.7. The van der Waals surface area contributed by atoms with Crippen LogP contribution < -0.4 is 20.1 Å².